The number of hydrogen-bond donors (Lipinski definition) is 1. The molecule has 5 nitrogen and oxygen atoms in total. The van der Waals surface area contributed by atoms with E-state index in [1.54, 1.807) is 6.92 Å². The molecule has 0 saturated carbocycles. The Morgan fingerprint density at radius 3 is 2.40 bits per heavy atom. The fourth-order valence-electron chi connectivity index (χ4n) is 2.76. The van der Waals surface area contributed by atoms with Crippen molar-refractivity contribution in [2.75, 3.05) is 0 Å². The van der Waals surface area contributed by atoms with E-state index in [1.807, 2.05) is 31.2 Å². The summed E-state index contributed by atoms with van der Waals surface area (Å²) < 4.78 is 5.47. The zero-order valence-corrected chi connectivity index (χ0v) is 14.5. The molecule has 25 heavy (non-hydrogen) atoms. The molecule has 0 unspecified atom stereocenters. The zero-order chi connectivity index (χ0) is 17.8. The van der Waals surface area contributed by atoms with E-state index >= 15 is 0 Å². The van der Waals surface area contributed by atoms with Crippen molar-refractivity contribution in [2.45, 2.75) is 32.9 Å². The Hall–Kier alpha value is -2.97. The largest absolute Gasteiger partial charge is 0.424 e. The number of aryl methyl sites for hydroxylation is 1. The summed E-state index contributed by atoms with van der Waals surface area (Å²) in [6.07, 6.45) is 0. The van der Waals surface area contributed by atoms with Crippen molar-refractivity contribution < 1.29 is 4.42 Å². The normalized spacial score (nSPS) is 13.2. The van der Waals surface area contributed by atoms with Crippen molar-refractivity contribution in [1.29, 1.82) is 5.26 Å². The van der Waals surface area contributed by atoms with Crippen molar-refractivity contribution in [2.24, 2.45) is 0 Å². The average Bonchev–Trinajstić information content (AvgIpc) is 3.08. The first-order chi connectivity index (χ1) is 12.1. The van der Waals surface area contributed by atoms with Crippen molar-refractivity contribution >= 4 is 0 Å². The van der Waals surface area contributed by atoms with Gasteiger partial charge in [0.2, 0.25) is 11.8 Å². The molecule has 0 bridgehead atoms. The monoisotopic (exact) mass is 332 g/mol. The lowest BCUT2D eigenvalue weighted by Crippen LogP contribution is -2.22. The SMILES string of the molecule is Cc1nnc([C@@H](C)N[C@H](C)c2ccc(-c3cccc(C#N)c3)cc2)o1. The predicted octanol–water partition coefficient (Wildman–Crippen LogP) is 4.33. The molecule has 3 aromatic rings. The number of nitrogens with zero attached hydrogens (tertiary/aromatic N) is 3. The predicted molar refractivity (Wildman–Crippen MR) is 95.6 cm³/mol. The van der Waals surface area contributed by atoms with Crippen LogP contribution < -0.4 is 5.32 Å². The topological polar surface area (TPSA) is 74.7 Å². The summed E-state index contributed by atoms with van der Waals surface area (Å²) in [5, 5.41) is 20.4. The second kappa shape index (κ2) is 7.29. The van der Waals surface area contributed by atoms with Gasteiger partial charge in [-0.3, -0.25) is 5.32 Å². The number of aromatic nitrogens is 2. The molecule has 0 aliphatic rings. The third-order valence-corrected chi connectivity index (χ3v) is 4.15. The van der Waals surface area contributed by atoms with Gasteiger partial charge in [-0.2, -0.15) is 5.26 Å². The minimum atomic E-state index is -0.0248. The summed E-state index contributed by atoms with van der Waals surface area (Å²) in [4.78, 5) is 0. The highest BCUT2D eigenvalue weighted by molar-refractivity contribution is 5.65. The lowest BCUT2D eigenvalue weighted by atomic mass is 10.00. The molecule has 2 aromatic carbocycles. The summed E-state index contributed by atoms with van der Waals surface area (Å²) in [6, 6.07) is 18.3. The molecule has 1 N–H and O–H groups in total. The molecule has 0 spiro atoms. The van der Waals surface area contributed by atoms with Crippen molar-refractivity contribution in [3.05, 3.63) is 71.4 Å². The minimum absolute atomic E-state index is 0.0248. The molecule has 0 aliphatic carbocycles. The maximum Gasteiger partial charge on any atom is 0.233 e. The number of nitrogens with one attached hydrogen (secondary N) is 1. The number of rotatable bonds is 5. The van der Waals surface area contributed by atoms with Crippen LogP contribution in [0.5, 0.6) is 0 Å². The van der Waals surface area contributed by atoms with Gasteiger partial charge < -0.3 is 4.42 Å². The lowest BCUT2D eigenvalue weighted by Gasteiger charge is -2.18. The van der Waals surface area contributed by atoms with Crippen LogP contribution in [0.25, 0.3) is 11.1 Å². The molecule has 3 rings (SSSR count). The zero-order valence-electron chi connectivity index (χ0n) is 14.5. The van der Waals surface area contributed by atoms with Gasteiger partial charge in [-0.05, 0) is 42.7 Å². The number of hydrogen-bond acceptors (Lipinski definition) is 5. The van der Waals surface area contributed by atoms with Gasteiger partial charge in [0.15, 0.2) is 0 Å². The molecule has 0 fully saturated rings. The fraction of sp³-hybridized carbons (Fsp3) is 0.250. The van der Waals surface area contributed by atoms with E-state index in [9.17, 15) is 0 Å². The third-order valence-electron chi connectivity index (χ3n) is 4.15. The van der Waals surface area contributed by atoms with E-state index in [0.717, 1.165) is 11.1 Å². The summed E-state index contributed by atoms with van der Waals surface area (Å²) in [5.74, 6) is 1.16. The molecular formula is C20H20N4O. The van der Waals surface area contributed by atoms with Gasteiger partial charge in [-0.25, -0.2) is 0 Å². The maximum absolute atomic E-state index is 9.03. The van der Waals surface area contributed by atoms with Gasteiger partial charge in [0.05, 0.1) is 17.7 Å². The standard InChI is InChI=1S/C20H20N4O/c1-13(22-14(2)20-24-23-15(3)25-20)17-7-9-18(10-8-17)19-6-4-5-16(11-19)12-21/h4-11,13-14,22H,1-3H3/t13-,14-/m1/s1. The Labute approximate surface area is 147 Å². The molecule has 2 atom stereocenters. The summed E-state index contributed by atoms with van der Waals surface area (Å²) in [6.45, 7) is 5.89. The molecule has 0 saturated heterocycles. The first-order valence-corrected chi connectivity index (χ1v) is 8.23. The molecule has 5 heteroatoms. The third kappa shape index (κ3) is 3.93. The van der Waals surface area contributed by atoms with Gasteiger partial charge in [0.1, 0.15) is 0 Å². The van der Waals surface area contributed by atoms with Crippen LogP contribution in [0, 0.1) is 18.3 Å². The second-order valence-corrected chi connectivity index (χ2v) is 6.08. The van der Waals surface area contributed by atoms with Crippen molar-refractivity contribution in [1.82, 2.24) is 15.5 Å². The average molecular weight is 332 g/mol. The Bertz CT molecular complexity index is 893. The molecular weight excluding hydrogens is 312 g/mol. The highest BCUT2D eigenvalue weighted by Crippen LogP contribution is 2.24. The van der Waals surface area contributed by atoms with Crippen LogP contribution in [0.2, 0.25) is 0 Å². The van der Waals surface area contributed by atoms with E-state index in [-0.39, 0.29) is 12.1 Å². The lowest BCUT2D eigenvalue weighted by molar-refractivity contribution is 0.380. The van der Waals surface area contributed by atoms with E-state index < -0.39 is 0 Å². The fourth-order valence-corrected chi connectivity index (χ4v) is 2.76. The first-order valence-electron chi connectivity index (χ1n) is 8.23. The highest BCUT2D eigenvalue weighted by Gasteiger charge is 2.16. The Kier molecular flexibility index (Phi) is 4.92. The Morgan fingerprint density at radius 1 is 1.00 bits per heavy atom. The van der Waals surface area contributed by atoms with Crippen LogP contribution in [-0.4, -0.2) is 10.2 Å². The molecule has 0 aliphatic heterocycles. The molecule has 0 radical (unpaired) electrons. The highest BCUT2D eigenvalue weighted by atomic mass is 16.4. The Morgan fingerprint density at radius 2 is 1.76 bits per heavy atom. The number of nitriles is 1. The smallest absolute Gasteiger partial charge is 0.233 e. The minimum Gasteiger partial charge on any atom is -0.424 e. The first kappa shape index (κ1) is 16.9. The molecule has 0 amide bonds. The van der Waals surface area contributed by atoms with Crippen LogP contribution in [0.15, 0.2) is 52.9 Å². The molecule has 1 heterocycles. The van der Waals surface area contributed by atoms with Crippen LogP contribution in [-0.2, 0) is 0 Å². The Balaban J connectivity index is 1.72. The molecule has 1 aromatic heterocycles. The quantitative estimate of drug-likeness (QED) is 0.752. The van der Waals surface area contributed by atoms with Crippen molar-refractivity contribution in [3.8, 4) is 17.2 Å². The van der Waals surface area contributed by atoms with E-state index in [2.05, 4.69) is 52.8 Å². The van der Waals surface area contributed by atoms with Gasteiger partial charge >= 0.3 is 0 Å². The van der Waals surface area contributed by atoms with Crippen LogP contribution >= 0.6 is 0 Å². The van der Waals surface area contributed by atoms with Gasteiger partial charge in [-0.1, -0.05) is 36.4 Å². The van der Waals surface area contributed by atoms with Crippen LogP contribution in [0.3, 0.4) is 0 Å². The van der Waals surface area contributed by atoms with Gasteiger partial charge in [-0.15, -0.1) is 10.2 Å². The van der Waals surface area contributed by atoms with E-state index in [1.165, 1.54) is 5.56 Å². The number of benzene rings is 2. The van der Waals surface area contributed by atoms with E-state index in [0.29, 0.717) is 17.3 Å². The van der Waals surface area contributed by atoms with E-state index in [4.69, 9.17) is 9.68 Å². The van der Waals surface area contributed by atoms with Crippen molar-refractivity contribution in [3.63, 3.8) is 0 Å². The van der Waals surface area contributed by atoms with Gasteiger partial charge in [0.25, 0.3) is 0 Å². The maximum atomic E-state index is 9.03. The second-order valence-electron chi connectivity index (χ2n) is 6.08. The summed E-state index contributed by atoms with van der Waals surface area (Å²) in [7, 11) is 0. The molecule has 126 valence electrons. The summed E-state index contributed by atoms with van der Waals surface area (Å²) >= 11 is 0. The van der Waals surface area contributed by atoms with Crippen LogP contribution in [0.1, 0.15) is 48.8 Å². The summed E-state index contributed by atoms with van der Waals surface area (Å²) in [5.41, 5.74) is 3.97. The van der Waals surface area contributed by atoms with Gasteiger partial charge in [0, 0.05) is 13.0 Å². The van der Waals surface area contributed by atoms with Crippen LogP contribution in [0.4, 0.5) is 0 Å².